The Morgan fingerprint density at radius 1 is 0.750 bits per heavy atom. The molecule has 2 aliphatic rings. The van der Waals surface area contributed by atoms with Crippen LogP contribution in [0.15, 0.2) is 0 Å². The number of rotatable bonds is 15. The Morgan fingerprint density at radius 3 is 1.88 bits per heavy atom. The first-order valence-electron chi connectivity index (χ1n) is 14.5. The molecule has 3 nitrogen and oxygen atoms in total. The summed E-state index contributed by atoms with van der Waals surface area (Å²) in [6.45, 7) is 15.2. The van der Waals surface area contributed by atoms with Crippen molar-refractivity contribution in [3.8, 4) is 0 Å². The number of piperidine rings is 2. The van der Waals surface area contributed by atoms with Crippen molar-refractivity contribution >= 4 is 5.91 Å². The first kappa shape index (κ1) is 27.7. The summed E-state index contributed by atoms with van der Waals surface area (Å²) in [4.78, 5) is 17.7. The van der Waals surface area contributed by atoms with Gasteiger partial charge in [0, 0.05) is 26.1 Å². The third kappa shape index (κ3) is 9.74. The van der Waals surface area contributed by atoms with E-state index in [0.717, 1.165) is 31.8 Å². The molecule has 0 aliphatic carbocycles. The molecule has 2 heterocycles. The fraction of sp³-hybridized carbons (Fsp3) is 0.966. The van der Waals surface area contributed by atoms with Crippen LogP contribution in [0.1, 0.15) is 130 Å². The van der Waals surface area contributed by atoms with E-state index in [9.17, 15) is 4.79 Å². The molecule has 1 amide bonds. The van der Waals surface area contributed by atoms with Gasteiger partial charge in [-0.1, -0.05) is 79.1 Å². The van der Waals surface area contributed by atoms with Gasteiger partial charge in [-0.15, -0.1) is 0 Å². The van der Waals surface area contributed by atoms with Crippen LogP contribution in [-0.2, 0) is 4.79 Å². The standard InChI is InChI=1S/C29H56N2O/c1-5-8-11-12-26(4)15-16-28(32)31-23-19-29(20-24-31)17-21-30(22-18-29)25-27(13-9-6-2)14-10-7-3/h26-27H,5-25H2,1-4H3. The minimum atomic E-state index is 0.425. The minimum Gasteiger partial charge on any atom is -0.343 e. The molecule has 32 heavy (non-hydrogen) atoms. The Labute approximate surface area is 201 Å². The van der Waals surface area contributed by atoms with Crippen LogP contribution in [0.3, 0.4) is 0 Å². The predicted molar refractivity (Wildman–Crippen MR) is 139 cm³/mol. The molecule has 0 aromatic heterocycles. The molecule has 0 bridgehead atoms. The number of hydrogen-bond donors (Lipinski definition) is 0. The lowest BCUT2D eigenvalue weighted by Gasteiger charge is -2.47. The van der Waals surface area contributed by atoms with Gasteiger partial charge in [-0.05, 0) is 75.3 Å². The number of carbonyl (C=O) groups excluding carboxylic acids is 1. The number of unbranched alkanes of at least 4 members (excludes halogenated alkanes) is 4. The largest absolute Gasteiger partial charge is 0.343 e. The molecule has 1 unspecified atom stereocenters. The SMILES string of the molecule is CCCCCC(C)CCC(=O)N1CCC2(CCN(CC(CCCC)CCCC)CC2)CC1. The first-order valence-corrected chi connectivity index (χ1v) is 14.5. The van der Waals surface area contributed by atoms with Crippen molar-refractivity contribution in [2.24, 2.45) is 17.3 Å². The van der Waals surface area contributed by atoms with Gasteiger partial charge in [-0.2, -0.15) is 0 Å². The third-order valence-corrected chi connectivity index (χ3v) is 8.69. The molecule has 0 N–H and O–H groups in total. The topological polar surface area (TPSA) is 23.6 Å². The molecule has 2 rings (SSSR count). The molecule has 2 fully saturated rings. The minimum absolute atomic E-state index is 0.425. The van der Waals surface area contributed by atoms with Crippen LogP contribution < -0.4 is 0 Å². The van der Waals surface area contributed by atoms with Crippen molar-refractivity contribution in [1.82, 2.24) is 9.80 Å². The van der Waals surface area contributed by atoms with Crippen LogP contribution in [0.25, 0.3) is 0 Å². The zero-order valence-electron chi connectivity index (χ0n) is 22.3. The molecule has 3 heteroatoms. The molecule has 1 atom stereocenters. The number of hydrogen-bond acceptors (Lipinski definition) is 2. The summed E-state index contributed by atoms with van der Waals surface area (Å²) in [6.07, 6.45) is 20.6. The normalized spacial score (nSPS) is 20.2. The summed E-state index contributed by atoms with van der Waals surface area (Å²) in [5.41, 5.74) is 0.531. The van der Waals surface area contributed by atoms with Gasteiger partial charge in [0.2, 0.25) is 5.91 Å². The van der Waals surface area contributed by atoms with Crippen molar-refractivity contribution < 1.29 is 4.79 Å². The summed E-state index contributed by atoms with van der Waals surface area (Å²) < 4.78 is 0. The van der Waals surface area contributed by atoms with Gasteiger partial charge < -0.3 is 9.80 Å². The summed E-state index contributed by atoms with van der Waals surface area (Å²) in [7, 11) is 0. The molecule has 2 saturated heterocycles. The maximum atomic E-state index is 12.8. The third-order valence-electron chi connectivity index (χ3n) is 8.69. The van der Waals surface area contributed by atoms with Crippen LogP contribution in [0.2, 0.25) is 0 Å². The molecule has 0 aromatic carbocycles. The molecule has 188 valence electrons. The zero-order valence-corrected chi connectivity index (χ0v) is 22.3. The lowest BCUT2D eigenvalue weighted by Crippen LogP contribution is -2.48. The Balaban J connectivity index is 1.68. The van der Waals surface area contributed by atoms with Gasteiger partial charge in [-0.3, -0.25) is 4.79 Å². The second-order valence-corrected chi connectivity index (χ2v) is 11.5. The first-order chi connectivity index (χ1) is 15.5. The van der Waals surface area contributed by atoms with Gasteiger partial charge in [0.25, 0.3) is 0 Å². The van der Waals surface area contributed by atoms with E-state index < -0.39 is 0 Å². The Morgan fingerprint density at radius 2 is 1.31 bits per heavy atom. The van der Waals surface area contributed by atoms with Crippen LogP contribution in [0, 0.1) is 17.3 Å². The van der Waals surface area contributed by atoms with Gasteiger partial charge in [0.15, 0.2) is 0 Å². The monoisotopic (exact) mass is 448 g/mol. The molecule has 2 aliphatic heterocycles. The Bertz CT molecular complexity index is 479. The lowest BCUT2D eigenvalue weighted by molar-refractivity contribution is -0.134. The quantitative estimate of drug-likeness (QED) is 0.240. The van der Waals surface area contributed by atoms with Crippen LogP contribution >= 0.6 is 0 Å². The summed E-state index contributed by atoms with van der Waals surface area (Å²) >= 11 is 0. The number of amides is 1. The smallest absolute Gasteiger partial charge is 0.222 e. The van der Waals surface area contributed by atoms with E-state index in [4.69, 9.17) is 0 Å². The highest BCUT2D eigenvalue weighted by molar-refractivity contribution is 5.76. The van der Waals surface area contributed by atoms with Gasteiger partial charge >= 0.3 is 0 Å². The van der Waals surface area contributed by atoms with E-state index in [0.29, 0.717) is 17.2 Å². The van der Waals surface area contributed by atoms with E-state index in [2.05, 4.69) is 37.5 Å². The molecular weight excluding hydrogens is 392 g/mol. The number of likely N-dealkylation sites (tertiary alicyclic amines) is 2. The maximum absolute atomic E-state index is 12.8. The van der Waals surface area contributed by atoms with Gasteiger partial charge in [0.05, 0.1) is 0 Å². The number of carbonyl (C=O) groups is 1. The van der Waals surface area contributed by atoms with Crippen molar-refractivity contribution in [2.75, 3.05) is 32.7 Å². The lowest BCUT2D eigenvalue weighted by atomic mass is 9.71. The zero-order chi connectivity index (χ0) is 23.2. The van der Waals surface area contributed by atoms with Crippen molar-refractivity contribution in [3.63, 3.8) is 0 Å². The molecule has 0 aromatic rings. The fourth-order valence-corrected chi connectivity index (χ4v) is 6.03. The maximum Gasteiger partial charge on any atom is 0.222 e. The molecular formula is C29H56N2O. The van der Waals surface area contributed by atoms with E-state index >= 15 is 0 Å². The van der Waals surface area contributed by atoms with Gasteiger partial charge in [0.1, 0.15) is 0 Å². The second-order valence-electron chi connectivity index (χ2n) is 11.5. The van der Waals surface area contributed by atoms with E-state index in [1.165, 1.54) is 110 Å². The van der Waals surface area contributed by atoms with Crippen molar-refractivity contribution in [2.45, 2.75) is 130 Å². The van der Waals surface area contributed by atoms with Gasteiger partial charge in [-0.25, -0.2) is 0 Å². The second kappa shape index (κ2) is 15.4. The Hall–Kier alpha value is -0.570. The van der Waals surface area contributed by atoms with E-state index in [1.807, 2.05) is 0 Å². The van der Waals surface area contributed by atoms with Crippen LogP contribution in [0.4, 0.5) is 0 Å². The average Bonchev–Trinajstić information content (AvgIpc) is 2.81. The summed E-state index contributed by atoms with van der Waals surface area (Å²) in [5, 5.41) is 0. The van der Waals surface area contributed by atoms with E-state index in [-0.39, 0.29) is 0 Å². The highest BCUT2D eigenvalue weighted by Gasteiger charge is 2.38. The van der Waals surface area contributed by atoms with Crippen LogP contribution in [-0.4, -0.2) is 48.4 Å². The summed E-state index contributed by atoms with van der Waals surface area (Å²) in [5.74, 6) is 2.03. The van der Waals surface area contributed by atoms with Crippen LogP contribution in [0.5, 0.6) is 0 Å². The molecule has 1 spiro atoms. The van der Waals surface area contributed by atoms with Crippen molar-refractivity contribution in [3.05, 3.63) is 0 Å². The highest BCUT2D eigenvalue weighted by Crippen LogP contribution is 2.41. The highest BCUT2D eigenvalue weighted by atomic mass is 16.2. The summed E-state index contributed by atoms with van der Waals surface area (Å²) in [6, 6.07) is 0. The fourth-order valence-electron chi connectivity index (χ4n) is 6.03. The molecule has 0 radical (unpaired) electrons. The van der Waals surface area contributed by atoms with Crippen molar-refractivity contribution in [1.29, 1.82) is 0 Å². The average molecular weight is 449 g/mol. The number of nitrogens with zero attached hydrogens (tertiary/aromatic N) is 2. The van der Waals surface area contributed by atoms with E-state index in [1.54, 1.807) is 0 Å². The Kier molecular flexibility index (Phi) is 13.3. The predicted octanol–water partition coefficient (Wildman–Crippen LogP) is 7.68. The molecule has 0 saturated carbocycles.